The average Bonchev–Trinajstić information content (AvgIpc) is 2.91. The summed E-state index contributed by atoms with van der Waals surface area (Å²) >= 11 is 0. The van der Waals surface area contributed by atoms with Crippen LogP contribution in [0.5, 0.6) is 0 Å². The van der Waals surface area contributed by atoms with E-state index >= 15 is 0 Å². The van der Waals surface area contributed by atoms with E-state index in [1.807, 2.05) is 0 Å². The zero-order valence-electron chi connectivity index (χ0n) is 10.4. The topological polar surface area (TPSA) is 112 Å². The molecule has 2 heterocycles. The standard InChI is InChI=1S/C11H15N3O5/c1-18-5-4-13-9(15)6-7(12)11(13)8-2-3-10(19-8)14(16)17/h2-3,7,11H,4-6,12H2,1H3. The van der Waals surface area contributed by atoms with Crippen molar-refractivity contribution in [1.29, 1.82) is 0 Å². The van der Waals surface area contributed by atoms with Crippen molar-refractivity contribution in [1.82, 2.24) is 4.90 Å². The van der Waals surface area contributed by atoms with Gasteiger partial charge in [-0.25, -0.2) is 0 Å². The number of hydrogen-bond donors (Lipinski definition) is 1. The Morgan fingerprint density at radius 1 is 1.63 bits per heavy atom. The van der Waals surface area contributed by atoms with E-state index in [-0.39, 0.29) is 18.2 Å². The number of carbonyl (C=O) groups excluding carboxylic acids is 1. The summed E-state index contributed by atoms with van der Waals surface area (Å²) in [5, 5.41) is 10.6. The van der Waals surface area contributed by atoms with Gasteiger partial charge in [0.2, 0.25) is 5.91 Å². The van der Waals surface area contributed by atoms with E-state index in [2.05, 4.69) is 0 Å². The molecule has 1 aromatic heterocycles. The van der Waals surface area contributed by atoms with Crippen LogP contribution in [0, 0.1) is 10.1 Å². The highest BCUT2D eigenvalue weighted by atomic mass is 16.6. The quantitative estimate of drug-likeness (QED) is 0.613. The molecule has 0 radical (unpaired) electrons. The van der Waals surface area contributed by atoms with E-state index in [1.54, 1.807) is 0 Å². The Hall–Kier alpha value is -1.93. The summed E-state index contributed by atoms with van der Waals surface area (Å²) in [5.74, 6) is -0.122. The number of furan rings is 1. The molecule has 2 unspecified atom stereocenters. The molecule has 1 fully saturated rings. The second kappa shape index (κ2) is 5.37. The summed E-state index contributed by atoms with van der Waals surface area (Å²) in [4.78, 5) is 23.4. The Balaban J connectivity index is 2.23. The molecule has 0 aliphatic carbocycles. The smallest absolute Gasteiger partial charge is 0.404 e. The molecule has 8 nitrogen and oxygen atoms in total. The van der Waals surface area contributed by atoms with E-state index in [1.165, 1.54) is 24.1 Å². The maximum Gasteiger partial charge on any atom is 0.433 e. The van der Waals surface area contributed by atoms with E-state index in [4.69, 9.17) is 14.9 Å². The number of nitrogens with two attached hydrogens (primary N) is 1. The van der Waals surface area contributed by atoms with Crippen LogP contribution in [0.1, 0.15) is 18.2 Å². The fourth-order valence-electron chi connectivity index (χ4n) is 2.23. The summed E-state index contributed by atoms with van der Waals surface area (Å²) in [5.41, 5.74) is 5.92. The lowest BCUT2D eigenvalue weighted by Crippen LogP contribution is -2.35. The Labute approximate surface area is 109 Å². The molecule has 1 aliphatic heterocycles. The van der Waals surface area contributed by atoms with Gasteiger partial charge >= 0.3 is 5.88 Å². The van der Waals surface area contributed by atoms with Crippen LogP contribution in [0.4, 0.5) is 5.88 Å². The van der Waals surface area contributed by atoms with Gasteiger partial charge in [0.25, 0.3) is 0 Å². The Kier molecular flexibility index (Phi) is 3.82. The van der Waals surface area contributed by atoms with Crippen LogP contribution in [0.25, 0.3) is 0 Å². The van der Waals surface area contributed by atoms with Gasteiger partial charge in [-0.3, -0.25) is 14.9 Å². The molecule has 1 aromatic rings. The molecule has 1 aliphatic rings. The third-order valence-corrected chi connectivity index (χ3v) is 3.09. The SMILES string of the molecule is COCCN1C(=O)CC(N)C1c1ccc([N+](=O)[O-])o1. The van der Waals surface area contributed by atoms with Crippen LogP contribution in [0.15, 0.2) is 16.5 Å². The highest BCUT2D eigenvalue weighted by molar-refractivity contribution is 5.80. The van der Waals surface area contributed by atoms with E-state index in [0.717, 1.165) is 0 Å². The van der Waals surface area contributed by atoms with Crippen molar-refractivity contribution in [3.8, 4) is 0 Å². The summed E-state index contributed by atoms with van der Waals surface area (Å²) in [7, 11) is 1.53. The van der Waals surface area contributed by atoms with Crippen molar-refractivity contribution in [2.45, 2.75) is 18.5 Å². The molecule has 104 valence electrons. The van der Waals surface area contributed by atoms with Crippen molar-refractivity contribution < 1.29 is 18.9 Å². The lowest BCUT2D eigenvalue weighted by Gasteiger charge is -2.24. The van der Waals surface area contributed by atoms with Crippen molar-refractivity contribution in [2.75, 3.05) is 20.3 Å². The number of nitro groups is 1. The molecule has 19 heavy (non-hydrogen) atoms. The van der Waals surface area contributed by atoms with Crippen LogP contribution < -0.4 is 5.73 Å². The van der Waals surface area contributed by atoms with Gasteiger partial charge in [0.05, 0.1) is 12.7 Å². The average molecular weight is 269 g/mol. The van der Waals surface area contributed by atoms with Crippen molar-refractivity contribution in [3.63, 3.8) is 0 Å². The van der Waals surface area contributed by atoms with Gasteiger partial charge in [0.15, 0.2) is 0 Å². The molecule has 1 saturated heterocycles. The molecular weight excluding hydrogens is 254 g/mol. The van der Waals surface area contributed by atoms with Crippen LogP contribution in [-0.4, -0.2) is 42.0 Å². The summed E-state index contributed by atoms with van der Waals surface area (Å²) in [6.45, 7) is 0.750. The first-order valence-corrected chi connectivity index (χ1v) is 5.82. The monoisotopic (exact) mass is 269 g/mol. The van der Waals surface area contributed by atoms with Gasteiger partial charge in [-0.2, -0.15) is 0 Å². The molecular formula is C11H15N3O5. The van der Waals surface area contributed by atoms with Gasteiger partial charge in [0, 0.05) is 26.1 Å². The van der Waals surface area contributed by atoms with Crippen molar-refractivity contribution >= 4 is 11.8 Å². The van der Waals surface area contributed by atoms with Gasteiger partial charge in [0.1, 0.15) is 16.7 Å². The zero-order valence-corrected chi connectivity index (χ0v) is 10.4. The van der Waals surface area contributed by atoms with Gasteiger partial charge < -0.3 is 19.8 Å². The highest BCUT2D eigenvalue weighted by Crippen LogP contribution is 2.34. The maximum absolute atomic E-state index is 11.8. The minimum atomic E-state index is -0.620. The van der Waals surface area contributed by atoms with E-state index in [0.29, 0.717) is 18.9 Å². The molecule has 2 atom stereocenters. The maximum atomic E-state index is 11.8. The first-order valence-electron chi connectivity index (χ1n) is 5.82. The molecule has 2 N–H and O–H groups in total. The summed E-state index contributed by atoms with van der Waals surface area (Å²) < 4.78 is 10.1. The zero-order chi connectivity index (χ0) is 14.0. The molecule has 1 amide bonds. The molecule has 0 aromatic carbocycles. The van der Waals surface area contributed by atoms with Gasteiger partial charge in [-0.05, 0) is 6.07 Å². The normalized spacial score (nSPS) is 23.1. The van der Waals surface area contributed by atoms with Crippen LogP contribution >= 0.6 is 0 Å². The Morgan fingerprint density at radius 2 is 2.37 bits per heavy atom. The fourth-order valence-corrected chi connectivity index (χ4v) is 2.23. The minimum Gasteiger partial charge on any atom is -0.404 e. The summed E-state index contributed by atoms with van der Waals surface area (Å²) in [6, 6.07) is 1.84. The van der Waals surface area contributed by atoms with E-state index < -0.39 is 17.0 Å². The predicted molar refractivity (Wildman–Crippen MR) is 64.3 cm³/mol. The van der Waals surface area contributed by atoms with Gasteiger partial charge in [-0.15, -0.1) is 0 Å². The van der Waals surface area contributed by atoms with Crippen LogP contribution in [0.2, 0.25) is 0 Å². The second-order valence-corrected chi connectivity index (χ2v) is 4.33. The number of likely N-dealkylation sites (tertiary alicyclic amines) is 1. The minimum absolute atomic E-state index is 0.103. The second-order valence-electron chi connectivity index (χ2n) is 4.33. The highest BCUT2D eigenvalue weighted by Gasteiger charge is 2.40. The van der Waals surface area contributed by atoms with Crippen molar-refractivity contribution in [2.24, 2.45) is 5.73 Å². The number of rotatable bonds is 5. The number of methoxy groups -OCH3 is 1. The number of nitrogens with zero attached hydrogens (tertiary/aromatic N) is 2. The summed E-state index contributed by atoms with van der Waals surface area (Å²) in [6.07, 6.45) is 0.197. The molecule has 0 saturated carbocycles. The van der Waals surface area contributed by atoms with Gasteiger partial charge in [-0.1, -0.05) is 0 Å². The lowest BCUT2D eigenvalue weighted by molar-refractivity contribution is -0.402. The first kappa shape index (κ1) is 13.5. The molecule has 0 spiro atoms. The third kappa shape index (κ3) is 2.59. The Bertz CT molecular complexity index is 486. The number of hydrogen-bond acceptors (Lipinski definition) is 6. The number of carbonyl (C=O) groups is 1. The Morgan fingerprint density at radius 3 is 2.95 bits per heavy atom. The fraction of sp³-hybridized carbons (Fsp3) is 0.545. The number of amides is 1. The predicted octanol–water partition coefficient (Wildman–Crippen LogP) is 0.435. The van der Waals surface area contributed by atoms with E-state index in [9.17, 15) is 14.9 Å². The molecule has 2 rings (SSSR count). The first-order chi connectivity index (χ1) is 9.04. The lowest BCUT2D eigenvalue weighted by atomic mass is 10.1. The van der Waals surface area contributed by atoms with Crippen molar-refractivity contribution in [3.05, 3.63) is 28.0 Å². The van der Waals surface area contributed by atoms with Crippen LogP contribution in [-0.2, 0) is 9.53 Å². The third-order valence-electron chi connectivity index (χ3n) is 3.09. The molecule has 0 bridgehead atoms. The largest absolute Gasteiger partial charge is 0.433 e. The molecule has 8 heteroatoms. The number of ether oxygens (including phenoxy) is 1. The van der Waals surface area contributed by atoms with Crippen LogP contribution in [0.3, 0.4) is 0 Å².